The standard InChI is InChI=1S/C14H22N6O/c1-11(2)14-17-13(18-21-14)8-19-5-3-4-12(6-19)7-20-10-15-9-16-20/h9-12H,3-8H2,1-2H3. The molecule has 0 amide bonds. The van der Waals surface area contributed by atoms with Crippen molar-refractivity contribution in [2.45, 2.75) is 45.7 Å². The van der Waals surface area contributed by atoms with Crippen molar-refractivity contribution >= 4 is 0 Å². The summed E-state index contributed by atoms with van der Waals surface area (Å²) in [5, 5.41) is 8.27. The minimum Gasteiger partial charge on any atom is -0.339 e. The van der Waals surface area contributed by atoms with Crippen molar-refractivity contribution in [3.05, 3.63) is 24.4 Å². The van der Waals surface area contributed by atoms with Gasteiger partial charge in [-0.25, -0.2) is 4.98 Å². The number of aromatic nitrogens is 5. The van der Waals surface area contributed by atoms with E-state index in [-0.39, 0.29) is 5.92 Å². The smallest absolute Gasteiger partial charge is 0.229 e. The molecule has 0 aliphatic carbocycles. The lowest BCUT2D eigenvalue weighted by Crippen LogP contribution is -2.36. The van der Waals surface area contributed by atoms with E-state index >= 15 is 0 Å². The first-order valence-electron chi connectivity index (χ1n) is 7.58. The number of likely N-dealkylation sites (tertiary alicyclic amines) is 1. The first-order chi connectivity index (χ1) is 10.2. The summed E-state index contributed by atoms with van der Waals surface area (Å²) >= 11 is 0. The molecule has 2 aromatic heterocycles. The third-order valence-corrected chi connectivity index (χ3v) is 3.86. The molecule has 0 spiro atoms. The Morgan fingerprint density at radius 1 is 1.43 bits per heavy atom. The average molecular weight is 290 g/mol. The van der Waals surface area contributed by atoms with Crippen LogP contribution >= 0.6 is 0 Å². The third-order valence-electron chi connectivity index (χ3n) is 3.86. The fourth-order valence-electron chi connectivity index (χ4n) is 2.80. The monoisotopic (exact) mass is 290 g/mol. The predicted octanol–water partition coefficient (Wildman–Crippen LogP) is 1.70. The lowest BCUT2D eigenvalue weighted by Gasteiger charge is -2.31. The molecule has 1 saturated heterocycles. The zero-order valence-electron chi connectivity index (χ0n) is 12.6. The van der Waals surface area contributed by atoms with Gasteiger partial charge in [-0.15, -0.1) is 0 Å². The van der Waals surface area contributed by atoms with Crippen LogP contribution in [0.3, 0.4) is 0 Å². The fraction of sp³-hybridized carbons (Fsp3) is 0.714. The number of rotatable bonds is 5. The van der Waals surface area contributed by atoms with Gasteiger partial charge in [0.05, 0.1) is 6.54 Å². The molecule has 7 nitrogen and oxygen atoms in total. The van der Waals surface area contributed by atoms with Crippen LogP contribution < -0.4 is 0 Å². The molecule has 7 heteroatoms. The molecule has 0 saturated carbocycles. The molecular weight excluding hydrogens is 268 g/mol. The molecule has 1 unspecified atom stereocenters. The maximum Gasteiger partial charge on any atom is 0.229 e. The zero-order chi connectivity index (χ0) is 14.7. The molecule has 0 aromatic carbocycles. The van der Waals surface area contributed by atoms with E-state index in [4.69, 9.17) is 4.52 Å². The fourth-order valence-corrected chi connectivity index (χ4v) is 2.80. The number of nitrogens with zero attached hydrogens (tertiary/aromatic N) is 6. The van der Waals surface area contributed by atoms with Crippen LogP contribution in [0.25, 0.3) is 0 Å². The average Bonchev–Trinajstić information content (AvgIpc) is 3.11. The molecule has 21 heavy (non-hydrogen) atoms. The molecule has 1 fully saturated rings. The highest BCUT2D eigenvalue weighted by molar-refractivity contribution is 4.91. The molecule has 3 rings (SSSR count). The summed E-state index contributed by atoms with van der Waals surface area (Å²) in [5.74, 6) is 2.41. The van der Waals surface area contributed by atoms with Crippen molar-refractivity contribution in [3.63, 3.8) is 0 Å². The molecule has 0 bridgehead atoms. The van der Waals surface area contributed by atoms with Crippen LogP contribution in [0.1, 0.15) is 44.3 Å². The van der Waals surface area contributed by atoms with Gasteiger partial charge in [-0.2, -0.15) is 10.1 Å². The second kappa shape index (κ2) is 6.34. The van der Waals surface area contributed by atoms with E-state index in [0.29, 0.717) is 5.92 Å². The summed E-state index contributed by atoms with van der Waals surface area (Å²) in [7, 11) is 0. The Morgan fingerprint density at radius 2 is 2.33 bits per heavy atom. The van der Waals surface area contributed by atoms with Crippen LogP contribution in [0.15, 0.2) is 17.2 Å². The minimum absolute atomic E-state index is 0.285. The summed E-state index contributed by atoms with van der Waals surface area (Å²) < 4.78 is 7.19. The highest BCUT2D eigenvalue weighted by Gasteiger charge is 2.22. The van der Waals surface area contributed by atoms with E-state index in [1.807, 2.05) is 4.68 Å². The molecule has 1 atom stereocenters. The molecule has 2 aromatic rings. The molecular formula is C14H22N6O. The Bertz CT molecular complexity index is 550. The number of hydrogen-bond acceptors (Lipinski definition) is 6. The van der Waals surface area contributed by atoms with Crippen LogP contribution in [-0.2, 0) is 13.1 Å². The van der Waals surface area contributed by atoms with Crippen molar-refractivity contribution in [3.8, 4) is 0 Å². The molecule has 0 N–H and O–H groups in total. The Balaban J connectivity index is 1.55. The topological polar surface area (TPSA) is 72.9 Å². The van der Waals surface area contributed by atoms with Gasteiger partial charge in [-0.3, -0.25) is 9.58 Å². The van der Waals surface area contributed by atoms with Gasteiger partial charge < -0.3 is 4.52 Å². The highest BCUT2D eigenvalue weighted by Crippen LogP contribution is 2.20. The van der Waals surface area contributed by atoms with Gasteiger partial charge in [0.15, 0.2) is 5.82 Å². The summed E-state index contributed by atoms with van der Waals surface area (Å²) in [6, 6.07) is 0. The van der Waals surface area contributed by atoms with E-state index in [1.165, 1.54) is 12.8 Å². The minimum atomic E-state index is 0.285. The van der Waals surface area contributed by atoms with Gasteiger partial charge in [-0.05, 0) is 25.3 Å². The Hall–Kier alpha value is -1.76. The largest absolute Gasteiger partial charge is 0.339 e. The van der Waals surface area contributed by atoms with Gasteiger partial charge in [0.25, 0.3) is 0 Å². The quantitative estimate of drug-likeness (QED) is 0.834. The van der Waals surface area contributed by atoms with Crippen molar-refractivity contribution in [1.29, 1.82) is 0 Å². The first-order valence-corrected chi connectivity index (χ1v) is 7.58. The molecule has 0 radical (unpaired) electrons. The molecule has 1 aliphatic rings. The maximum absolute atomic E-state index is 5.27. The van der Waals surface area contributed by atoms with E-state index < -0.39 is 0 Å². The van der Waals surface area contributed by atoms with Crippen LogP contribution in [0, 0.1) is 5.92 Å². The summed E-state index contributed by atoms with van der Waals surface area (Å²) in [4.78, 5) is 10.9. The van der Waals surface area contributed by atoms with Crippen molar-refractivity contribution < 1.29 is 4.52 Å². The van der Waals surface area contributed by atoms with Crippen LogP contribution in [0.4, 0.5) is 0 Å². The lowest BCUT2D eigenvalue weighted by atomic mass is 9.98. The van der Waals surface area contributed by atoms with Gasteiger partial charge >= 0.3 is 0 Å². The Labute approximate surface area is 124 Å². The summed E-state index contributed by atoms with van der Waals surface area (Å²) in [6.45, 7) is 7.97. The first kappa shape index (κ1) is 14.2. The van der Waals surface area contributed by atoms with E-state index in [2.05, 4.69) is 39.0 Å². The number of hydrogen-bond donors (Lipinski definition) is 0. The highest BCUT2D eigenvalue weighted by atomic mass is 16.5. The Morgan fingerprint density at radius 3 is 3.05 bits per heavy atom. The summed E-state index contributed by atoms with van der Waals surface area (Å²) in [5.41, 5.74) is 0. The third kappa shape index (κ3) is 3.66. The van der Waals surface area contributed by atoms with Gasteiger partial charge in [-0.1, -0.05) is 19.0 Å². The second-order valence-electron chi connectivity index (χ2n) is 6.06. The summed E-state index contributed by atoms with van der Waals surface area (Å²) in [6.07, 6.45) is 5.81. The van der Waals surface area contributed by atoms with Gasteiger partial charge in [0, 0.05) is 19.0 Å². The predicted molar refractivity (Wildman–Crippen MR) is 76.4 cm³/mol. The van der Waals surface area contributed by atoms with E-state index in [1.54, 1.807) is 12.7 Å². The van der Waals surface area contributed by atoms with Gasteiger partial charge in [0.1, 0.15) is 12.7 Å². The lowest BCUT2D eigenvalue weighted by molar-refractivity contribution is 0.149. The van der Waals surface area contributed by atoms with Crippen molar-refractivity contribution in [2.75, 3.05) is 13.1 Å². The van der Waals surface area contributed by atoms with Gasteiger partial charge in [0.2, 0.25) is 5.89 Å². The van der Waals surface area contributed by atoms with Crippen molar-refractivity contribution in [2.24, 2.45) is 5.92 Å². The molecule has 114 valence electrons. The Kier molecular flexibility index (Phi) is 4.28. The van der Waals surface area contributed by atoms with E-state index in [0.717, 1.165) is 37.9 Å². The van der Waals surface area contributed by atoms with E-state index in [9.17, 15) is 0 Å². The normalized spacial score (nSPS) is 20.2. The van der Waals surface area contributed by atoms with Crippen LogP contribution in [0.5, 0.6) is 0 Å². The maximum atomic E-state index is 5.27. The zero-order valence-corrected chi connectivity index (χ0v) is 12.6. The molecule has 1 aliphatic heterocycles. The van der Waals surface area contributed by atoms with Crippen LogP contribution in [-0.4, -0.2) is 42.9 Å². The SMILES string of the molecule is CC(C)c1nc(CN2CCCC(Cn3cncn3)C2)no1. The van der Waals surface area contributed by atoms with Crippen molar-refractivity contribution in [1.82, 2.24) is 29.8 Å². The van der Waals surface area contributed by atoms with Crippen LogP contribution in [0.2, 0.25) is 0 Å². The molecule has 3 heterocycles. The number of piperidine rings is 1. The second-order valence-corrected chi connectivity index (χ2v) is 6.06.